The molecule has 0 aliphatic heterocycles. The lowest BCUT2D eigenvalue weighted by atomic mass is 10.2. The van der Waals surface area contributed by atoms with Gasteiger partial charge in [0.1, 0.15) is 0 Å². The third-order valence-corrected chi connectivity index (χ3v) is 2.88. The molecule has 0 amide bonds. The maximum Gasteiger partial charge on any atom is 0.227 e. The van der Waals surface area contributed by atoms with Gasteiger partial charge < -0.3 is 9.84 Å². The largest absolute Gasteiger partial charge is 0.340 e. The maximum atomic E-state index is 4.90. The summed E-state index contributed by atoms with van der Waals surface area (Å²) in [7, 11) is 0. The standard InChI is InChI=1S/C11H12IN3O/c12-10-3-1-9(2-4-10)7-13-6-5-11-14-8-15-16-11/h1-4,8,13H,5-7H2. The Morgan fingerprint density at radius 3 is 2.75 bits per heavy atom. The van der Waals surface area contributed by atoms with E-state index in [0.717, 1.165) is 19.5 Å². The molecule has 0 bridgehead atoms. The highest BCUT2D eigenvalue weighted by Gasteiger charge is 1.98. The molecule has 1 aromatic heterocycles. The van der Waals surface area contributed by atoms with Gasteiger partial charge in [-0.05, 0) is 40.3 Å². The number of hydrogen-bond acceptors (Lipinski definition) is 4. The van der Waals surface area contributed by atoms with Crippen molar-refractivity contribution in [2.45, 2.75) is 13.0 Å². The lowest BCUT2D eigenvalue weighted by Gasteiger charge is -2.03. The predicted octanol–water partition coefficient (Wildman–Crippen LogP) is 2.01. The maximum absolute atomic E-state index is 4.90. The number of halogens is 1. The first kappa shape index (κ1) is 11.5. The summed E-state index contributed by atoms with van der Waals surface area (Å²) in [5.41, 5.74) is 1.28. The molecule has 0 saturated heterocycles. The minimum absolute atomic E-state index is 0.676. The topological polar surface area (TPSA) is 51.0 Å². The van der Waals surface area contributed by atoms with Gasteiger partial charge in [-0.15, -0.1) is 0 Å². The van der Waals surface area contributed by atoms with Crippen LogP contribution in [0.25, 0.3) is 0 Å². The second kappa shape index (κ2) is 5.95. The average molecular weight is 329 g/mol. The van der Waals surface area contributed by atoms with Crippen LogP contribution in [0.15, 0.2) is 35.1 Å². The Bertz CT molecular complexity index is 413. The second-order valence-electron chi connectivity index (χ2n) is 3.39. The molecule has 0 saturated carbocycles. The highest BCUT2D eigenvalue weighted by atomic mass is 127. The Morgan fingerprint density at radius 2 is 2.06 bits per heavy atom. The van der Waals surface area contributed by atoms with E-state index in [1.807, 2.05) is 0 Å². The van der Waals surface area contributed by atoms with Crippen LogP contribution in [-0.4, -0.2) is 16.7 Å². The van der Waals surface area contributed by atoms with Crippen LogP contribution in [0.4, 0.5) is 0 Å². The van der Waals surface area contributed by atoms with Crippen LogP contribution < -0.4 is 5.32 Å². The monoisotopic (exact) mass is 329 g/mol. The lowest BCUT2D eigenvalue weighted by molar-refractivity contribution is 0.375. The summed E-state index contributed by atoms with van der Waals surface area (Å²) in [6.45, 7) is 1.71. The van der Waals surface area contributed by atoms with E-state index in [0.29, 0.717) is 5.89 Å². The Morgan fingerprint density at radius 1 is 1.25 bits per heavy atom. The van der Waals surface area contributed by atoms with Gasteiger partial charge in [-0.2, -0.15) is 4.98 Å². The summed E-state index contributed by atoms with van der Waals surface area (Å²) in [5.74, 6) is 0.676. The van der Waals surface area contributed by atoms with Crippen molar-refractivity contribution in [3.05, 3.63) is 45.6 Å². The zero-order valence-corrected chi connectivity index (χ0v) is 10.8. The summed E-state index contributed by atoms with van der Waals surface area (Å²) in [6, 6.07) is 8.47. The van der Waals surface area contributed by atoms with E-state index in [9.17, 15) is 0 Å². The summed E-state index contributed by atoms with van der Waals surface area (Å²) in [5, 5.41) is 6.88. The molecule has 4 nitrogen and oxygen atoms in total. The van der Waals surface area contributed by atoms with Crippen molar-refractivity contribution in [3.63, 3.8) is 0 Å². The summed E-state index contributed by atoms with van der Waals surface area (Å²) >= 11 is 2.30. The number of nitrogens with one attached hydrogen (secondary N) is 1. The molecule has 5 heteroatoms. The molecule has 0 radical (unpaired) electrons. The van der Waals surface area contributed by atoms with E-state index < -0.39 is 0 Å². The highest BCUT2D eigenvalue weighted by Crippen LogP contribution is 2.06. The van der Waals surface area contributed by atoms with Gasteiger partial charge in [0.2, 0.25) is 5.89 Å². The molecule has 84 valence electrons. The molecule has 2 rings (SSSR count). The van der Waals surface area contributed by atoms with Crippen molar-refractivity contribution in [1.82, 2.24) is 15.5 Å². The first-order valence-electron chi connectivity index (χ1n) is 5.05. The molecule has 16 heavy (non-hydrogen) atoms. The van der Waals surface area contributed by atoms with Gasteiger partial charge in [0.25, 0.3) is 0 Å². The summed E-state index contributed by atoms with van der Waals surface area (Å²) in [6.07, 6.45) is 2.19. The van der Waals surface area contributed by atoms with Crippen molar-refractivity contribution in [3.8, 4) is 0 Å². The molecule has 0 unspecified atom stereocenters. The van der Waals surface area contributed by atoms with E-state index >= 15 is 0 Å². The fourth-order valence-corrected chi connectivity index (χ4v) is 1.70. The van der Waals surface area contributed by atoms with Gasteiger partial charge in [-0.25, -0.2) is 0 Å². The normalized spacial score (nSPS) is 10.6. The van der Waals surface area contributed by atoms with Crippen LogP contribution in [0.1, 0.15) is 11.5 Å². The molecule has 1 heterocycles. The fraction of sp³-hybridized carbons (Fsp3) is 0.273. The van der Waals surface area contributed by atoms with Crippen LogP contribution in [0.3, 0.4) is 0 Å². The van der Waals surface area contributed by atoms with Gasteiger partial charge in [0.05, 0.1) is 0 Å². The quantitative estimate of drug-likeness (QED) is 0.673. The van der Waals surface area contributed by atoms with Crippen molar-refractivity contribution in [2.24, 2.45) is 0 Å². The Hall–Kier alpha value is -0.950. The molecule has 2 aromatic rings. The fourth-order valence-electron chi connectivity index (χ4n) is 1.34. The molecule has 0 aliphatic carbocycles. The molecule has 1 aromatic carbocycles. The first-order chi connectivity index (χ1) is 7.84. The number of nitrogens with zero attached hydrogens (tertiary/aromatic N) is 2. The number of aromatic nitrogens is 2. The molecule has 0 spiro atoms. The van der Waals surface area contributed by atoms with Crippen LogP contribution in [-0.2, 0) is 13.0 Å². The lowest BCUT2D eigenvalue weighted by Crippen LogP contribution is -2.16. The van der Waals surface area contributed by atoms with Gasteiger partial charge in [0.15, 0.2) is 6.33 Å². The third-order valence-electron chi connectivity index (χ3n) is 2.16. The summed E-state index contributed by atoms with van der Waals surface area (Å²) in [4.78, 5) is 3.95. The third kappa shape index (κ3) is 3.57. The van der Waals surface area contributed by atoms with Gasteiger partial charge >= 0.3 is 0 Å². The Kier molecular flexibility index (Phi) is 4.29. The van der Waals surface area contributed by atoms with E-state index in [2.05, 4.69) is 62.3 Å². The smallest absolute Gasteiger partial charge is 0.227 e. The minimum atomic E-state index is 0.676. The van der Waals surface area contributed by atoms with Crippen LogP contribution in [0, 0.1) is 3.57 Å². The average Bonchev–Trinajstić information content (AvgIpc) is 2.80. The molecule has 1 N–H and O–H groups in total. The zero-order valence-electron chi connectivity index (χ0n) is 8.69. The van der Waals surface area contributed by atoms with Crippen LogP contribution >= 0.6 is 22.6 Å². The zero-order chi connectivity index (χ0) is 11.2. The molecule has 0 fully saturated rings. The minimum Gasteiger partial charge on any atom is -0.340 e. The SMILES string of the molecule is Ic1ccc(CNCCc2ncno2)cc1. The van der Waals surface area contributed by atoms with Crippen LogP contribution in [0.5, 0.6) is 0 Å². The molecule has 0 aliphatic rings. The van der Waals surface area contributed by atoms with E-state index in [4.69, 9.17) is 4.52 Å². The number of benzene rings is 1. The first-order valence-corrected chi connectivity index (χ1v) is 6.13. The Balaban J connectivity index is 1.70. The second-order valence-corrected chi connectivity index (χ2v) is 4.63. The van der Waals surface area contributed by atoms with Crippen molar-refractivity contribution in [2.75, 3.05) is 6.54 Å². The number of hydrogen-bond donors (Lipinski definition) is 1. The van der Waals surface area contributed by atoms with Crippen molar-refractivity contribution in [1.29, 1.82) is 0 Å². The molecular formula is C11H12IN3O. The van der Waals surface area contributed by atoms with E-state index in [1.165, 1.54) is 15.5 Å². The van der Waals surface area contributed by atoms with Gasteiger partial charge in [0, 0.05) is 23.1 Å². The summed E-state index contributed by atoms with van der Waals surface area (Å²) < 4.78 is 6.16. The van der Waals surface area contributed by atoms with Gasteiger partial charge in [-0.1, -0.05) is 17.3 Å². The Labute approximate surface area is 108 Å². The van der Waals surface area contributed by atoms with Crippen molar-refractivity contribution >= 4 is 22.6 Å². The van der Waals surface area contributed by atoms with Crippen LogP contribution in [0.2, 0.25) is 0 Å². The molecule has 0 atom stereocenters. The number of rotatable bonds is 5. The van der Waals surface area contributed by atoms with E-state index in [-0.39, 0.29) is 0 Å². The van der Waals surface area contributed by atoms with E-state index in [1.54, 1.807) is 0 Å². The predicted molar refractivity (Wildman–Crippen MR) is 68.9 cm³/mol. The molecular weight excluding hydrogens is 317 g/mol. The van der Waals surface area contributed by atoms with Gasteiger partial charge in [-0.3, -0.25) is 0 Å². The van der Waals surface area contributed by atoms with Crippen molar-refractivity contribution < 1.29 is 4.52 Å². The highest BCUT2D eigenvalue weighted by molar-refractivity contribution is 14.1.